The van der Waals surface area contributed by atoms with E-state index < -0.39 is 0 Å². The van der Waals surface area contributed by atoms with Crippen molar-refractivity contribution in [2.45, 2.75) is 45.6 Å². The van der Waals surface area contributed by atoms with Gasteiger partial charge < -0.3 is 10.6 Å². The maximum Gasteiger partial charge on any atom is 0.165 e. The van der Waals surface area contributed by atoms with Crippen molar-refractivity contribution in [2.24, 2.45) is 0 Å². The van der Waals surface area contributed by atoms with Gasteiger partial charge in [-0.1, -0.05) is 48.2 Å². The number of benzene rings is 1. The summed E-state index contributed by atoms with van der Waals surface area (Å²) in [4.78, 5) is 4.74. The highest BCUT2D eigenvalue weighted by Crippen LogP contribution is 2.37. The molecule has 3 aromatic rings. The van der Waals surface area contributed by atoms with Gasteiger partial charge in [0.2, 0.25) is 0 Å². The summed E-state index contributed by atoms with van der Waals surface area (Å²) in [5, 5.41) is 12.9. The molecule has 0 radical (unpaired) electrons. The third kappa shape index (κ3) is 4.64. The SMILES string of the molecule is Cc1cc(NCCNC2CCCC2)n2nc(C)c(-c3cccc(Cl)c3Cl)c2n1.Cl. The lowest BCUT2D eigenvalue weighted by atomic mass is 10.1. The first kappa shape index (κ1) is 22.2. The predicted octanol–water partition coefficient (Wildman–Crippen LogP) is 5.69. The summed E-state index contributed by atoms with van der Waals surface area (Å²) in [5.74, 6) is 0.934. The maximum atomic E-state index is 6.48. The van der Waals surface area contributed by atoms with Crippen LogP contribution in [0, 0.1) is 13.8 Å². The van der Waals surface area contributed by atoms with Crippen LogP contribution in [-0.2, 0) is 0 Å². The van der Waals surface area contributed by atoms with Gasteiger partial charge in [0.15, 0.2) is 5.65 Å². The van der Waals surface area contributed by atoms with E-state index in [0.29, 0.717) is 16.1 Å². The van der Waals surface area contributed by atoms with Crippen molar-refractivity contribution in [3.63, 3.8) is 0 Å². The molecule has 0 amide bonds. The Labute approximate surface area is 187 Å². The average Bonchev–Trinajstić information content (AvgIpc) is 3.29. The van der Waals surface area contributed by atoms with Crippen molar-refractivity contribution in [1.82, 2.24) is 19.9 Å². The van der Waals surface area contributed by atoms with Crippen LogP contribution in [0.3, 0.4) is 0 Å². The quantitative estimate of drug-likeness (QED) is 0.470. The molecule has 0 spiro atoms. The van der Waals surface area contributed by atoms with Gasteiger partial charge in [-0.25, -0.2) is 4.98 Å². The topological polar surface area (TPSA) is 54.2 Å². The van der Waals surface area contributed by atoms with Crippen molar-refractivity contribution in [3.8, 4) is 11.1 Å². The molecule has 1 aromatic carbocycles. The monoisotopic (exact) mass is 453 g/mol. The largest absolute Gasteiger partial charge is 0.369 e. The van der Waals surface area contributed by atoms with E-state index >= 15 is 0 Å². The number of fused-ring (bicyclic) bond motifs is 1. The van der Waals surface area contributed by atoms with Crippen molar-refractivity contribution in [2.75, 3.05) is 18.4 Å². The lowest BCUT2D eigenvalue weighted by Gasteiger charge is -2.13. The van der Waals surface area contributed by atoms with E-state index in [9.17, 15) is 0 Å². The lowest BCUT2D eigenvalue weighted by molar-refractivity contribution is 0.535. The number of nitrogens with one attached hydrogen (secondary N) is 2. The number of hydrogen-bond acceptors (Lipinski definition) is 4. The summed E-state index contributed by atoms with van der Waals surface area (Å²) in [6.07, 6.45) is 5.27. The van der Waals surface area contributed by atoms with E-state index in [1.165, 1.54) is 25.7 Å². The van der Waals surface area contributed by atoms with Crippen molar-refractivity contribution >= 4 is 47.1 Å². The van der Waals surface area contributed by atoms with E-state index in [0.717, 1.165) is 47.1 Å². The number of anilines is 1. The number of aryl methyl sites for hydroxylation is 2. The van der Waals surface area contributed by atoms with Gasteiger partial charge in [-0.05, 0) is 32.8 Å². The Balaban J connectivity index is 0.00000240. The number of halogens is 3. The van der Waals surface area contributed by atoms with Crippen LogP contribution in [0.15, 0.2) is 24.3 Å². The molecular weight excluding hydrogens is 429 g/mol. The zero-order valence-corrected chi connectivity index (χ0v) is 19.0. The third-order valence-electron chi connectivity index (χ3n) is 5.33. The standard InChI is InChI=1S/C21H25Cl2N5.ClH/c1-13-12-18(25-11-10-24-15-6-3-4-7-15)28-21(26-13)19(14(2)27-28)16-8-5-9-17(22)20(16)23;/h5,8-9,12,15,24-25H,3-4,6-7,10-11H2,1-2H3;1H. The fourth-order valence-electron chi connectivity index (χ4n) is 3.98. The molecule has 0 atom stereocenters. The van der Waals surface area contributed by atoms with Gasteiger partial charge in [-0.15, -0.1) is 12.4 Å². The predicted molar refractivity (Wildman–Crippen MR) is 124 cm³/mol. The molecule has 156 valence electrons. The molecule has 1 aliphatic rings. The summed E-state index contributed by atoms with van der Waals surface area (Å²) < 4.78 is 1.87. The smallest absolute Gasteiger partial charge is 0.165 e. The molecule has 2 aromatic heterocycles. The Morgan fingerprint density at radius 1 is 1.14 bits per heavy atom. The first-order valence-corrected chi connectivity index (χ1v) is 10.6. The van der Waals surface area contributed by atoms with E-state index in [4.69, 9.17) is 33.3 Å². The maximum absolute atomic E-state index is 6.48. The lowest BCUT2D eigenvalue weighted by Crippen LogP contribution is -2.31. The molecule has 0 aliphatic heterocycles. The summed E-state index contributed by atoms with van der Waals surface area (Å²) in [7, 11) is 0. The van der Waals surface area contributed by atoms with Crippen molar-refractivity contribution in [3.05, 3.63) is 45.7 Å². The first-order chi connectivity index (χ1) is 13.5. The van der Waals surface area contributed by atoms with E-state index in [1.54, 1.807) is 6.07 Å². The Morgan fingerprint density at radius 3 is 2.66 bits per heavy atom. The second kappa shape index (κ2) is 9.52. The minimum absolute atomic E-state index is 0. The Morgan fingerprint density at radius 2 is 1.90 bits per heavy atom. The summed E-state index contributed by atoms with van der Waals surface area (Å²) in [6, 6.07) is 8.34. The molecule has 29 heavy (non-hydrogen) atoms. The second-order valence-electron chi connectivity index (χ2n) is 7.44. The molecule has 2 N–H and O–H groups in total. The molecule has 5 nitrogen and oxygen atoms in total. The minimum Gasteiger partial charge on any atom is -0.369 e. The molecule has 0 saturated heterocycles. The molecule has 2 heterocycles. The van der Waals surface area contributed by atoms with E-state index in [1.807, 2.05) is 36.6 Å². The van der Waals surface area contributed by atoms with Gasteiger partial charge in [-0.2, -0.15) is 9.61 Å². The van der Waals surface area contributed by atoms with E-state index in [-0.39, 0.29) is 12.4 Å². The molecule has 8 heteroatoms. The number of rotatable bonds is 6. The summed E-state index contributed by atoms with van der Waals surface area (Å²) in [5.41, 5.74) is 4.36. The van der Waals surface area contributed by atoms with Gasteiger partial charge in [0, 0.05) is 36.5 Å². The Bertz CT molecular complexity index is 996. The number of aromatic nitrogens is 3. The highest BCUT2D eigenvalue weighted by Gasteiger charge is 2.19. The zero-order chi connectivity index (χ0) is 19.7. The highest BCUT2D eigenvalue weighted by atomic mass is 35.5. The van der Waals surface area contributed by atoms with E-state index in [2.05, 4.69) is 10.6 Å². The number of nitrogens with zero attached hydrogens (tertiary/aromatic N) is 3. The van der Waals surface area contributed by atoms with Crippen molar-refractivity contribution in [1.29, 1.82) is 0 Å². The zero-order valence-electron chi connectivity index (χ0n) is 16.6. The Kier molecular flexibility index (Phi) is 7.28. The summed E-state index contributed by atoms with van der Waals surface area (Å²) in [6.45, 7) is 5.73. The molecule has 1 fully saturated rings. The molecule has 0 bridgehead atoms. The highest BCUT2D eigenvalue weighted by molar-refractivity contribution is 6.43. The third-order valence-corrected chi connectivity index (χ3v) is 6.15. The molecule has 4 rings (SSSR count). The normalized spacial score (nSPS) is 14.3. The molecule has 0 unspecified atom stereocenters. The van der Waals surface area contributed by atoms with Crippen LogP contribution in [0.1, 0.15) is 37.1 Å². The van der Waals surface area contributed by atoms with Gasteiger partial charge in [0.25, 0.3) is 0 Å². The van der Waals surface area contributed by atoms with Gasteiger partial charge >= 0.3 is 0 Å². The van der Waals surface area contributed by atoms with Crippen molar-refractivity contribution < 1.29 is 0 Å². The minimum atomic E-state index is 0. The van der Waals surface area contributed by atoms with Crippen LogP contribution in [0.5, 0.6) is 0 Å². The fraction of sp³-hybridized carbons (Fsp3) is 0.429. The Hall–Kier alpha value is -1.53. The average molecular weight is 455 g/mol. The molecular formula is C21H26Cl3N5. The molecule has 1 aliphatic carbocycles. The van der Waals surface area contributed by atoms with Gasteiger partial charge in [0.05, 0.1) is 21.3 Å². The van der Waals surface area contributed by atoms with Gasteiger partial charge in [-0.3, -0.25) is 0 Å². The van der Waals surface area contributed by atoms with Crippen LogP contribution in [-0.4, -0.2) is 33.7 Å². The number of hydrogen-bond donors (Lipinski definition) is 2. The van der Waals surface area contributed by atoms with Crippen LogP contribution < -0.4 is 10.6 Å². The van der Waals surface area contributed by atoms with Gasteiger partial charge in [0.1, 0.15) is 5.82 Å². The fourth-order valence-corrected chi connectivity index (χ4v) is 4.37. The van der Waals surface area contributed by atoms with Crippen LogP contribution in [0.25, 0.3) is 16.8 Å². The second-order valence-corrected chi connectivity index (χ2v) is 8.23. The van der Waals surface area contributed by atoms with Crippen LogP contribution in [0.4, 0.5) is 5.82 Å². The van der Waals surface area contributed by atoms with Crippen LogP contribution in [0.2, 0.25) is 10.0 Å². The molecule has 1 saturated carbocycles. The van der Waals surface area contributed by atoms with Crippen LogP contribution >= 0.6 is 35.6 Å². The first-order valence-electron chi connectivity index (χ1n) is 9.83. The summed E-state index contributed by atoms with van der Waals surface area (Å²) >= 11 is 12.7.